The minimum atomic E-state index is -0.614. The van der Waals surface area contributed by atoms with Crippen molar-refractivity contribution >= 4 is 11.4 Å². The molecule has 2 rings (SSSR count). The summed E-state index contributed by atoms with van der Waals surface area (Å²) in [6.45, 7) is 4.09. The molecule has 1 saturated heterocycles. The lowest BCUT2D eigenvalue weighted by atomic mass is 10.1. The maximum Gasteiger partial charge on any atom is 0.295 e. The number of morpholine rings is 1. The summed E-state index contributed by atoms with van der Waals surface area (Å²) >= 11 is 0. The molecule has 1 aliphatic heterocycles. The van der Waals surface area contributed by atoms with E-state index in [1.165, 1.54) is 12.1 Å². The van der Waals surface area contributed by atoms with Gasteiger partial charge in [0.05, 0.1) is 24.2 Å². The van der Waals surface area contributed by atoms with Crippen LogP contribution in [0.1, 0.15) is 13.3 Å². The van der Waals surface area contributed by atoms with E-state index in [0.29, 0.717) is 18.9 Å². The highest BCUT2D eigenvalue weighted by atomic mass is 19.1. The summed E-state index contributed by atoms with van der Waals surface area (Å²) < 4.78 is 18.4. The molecule has 20 heavy (non-hydrogen) atoms. The number of benzene rings is 1. The van der Waals surface area contributed by atoms with Crippen molar-refractivity contribution in [2.75, 3.05) is 25.1 Å². The summed E-state index contributed by atoms with van der Waals surface area (Å²) in [6.07, 6.45) is 0.772. The summed E-state index contributed by atoms with van der Waals surface area (Å²) in [5.41, 5.74) is 0.0883. The Labute approximate surface area is 116 Å². The molecular weight excluding hydrogens is 265 g/mol. The number of nitrogens with one attached hydrogen (secondary N) is 2. The van der Waals surface area contributed by atoms with E-state index in [2.05, 4.69) is 10.6 Å². The molecule has 1 aliphatic rings. The molecule has 2 unspecified atom stereocenters. The van der Waals surface area contributed by atoms with Crippen LogP contribution in [-0.4, -0.2) is 36.8 Å². The van der Waals surface area contributed by atoms with Crippen molar-refractivity contribution in [3.63, 3.8) is 0 Å². The van der Waals surface area contributed by atoms with Crippen LogP contribution >= 0.6 is 0 Å². The van der Waals surface area contributed by atoms with Crippen LogP contribution < -0.4 is 10.6 Å². The van der Waals surface area contributed by atoms with Gasteiger partial charge in [0.15, 0.2) is 0 Å². The van der Waals surface area contributed by atoms with Crippen molar-refractivity contribution in [3.8, 4) is 0 Å². The zero-order valence-corrected chi connectivity index (χ0v) is 11.3. The molecule has 1 fully saturated rings. The van der Waals surface area contributed by atoms with E-state index in [-0.39, 0.29) is 17.8 Å². The molecule has 110 valence electrons. The Balaban J connectivity index is 1.99. The first-order chi connectivity index (χ1) is 9.56. The van der Waals surface area contributed by atoms with Gasteiger partial charge in [0.1, 0.15) is 11.5 Å². The first-order valence-corrected chi connectivity index (χ1v) is 6.58. The van der Waals surface area contributed by atoms with E-state index >= 15 is 0 Å². The molecule has 1 aromatic carbocycles. The van der Waals surface area contributed by atoms with Gasteiger partial charge in [0.2, 0.25) is 0 Å². The van der Waals surface area contributed by atoms with E-state index in [1.54, 1.807) is 0 Å². The second-order valence-corrected chi connectivity index (χ2v) is 4.93. The molecule has 0 spiro atoms. The molecule has 0 amide bonds. The Morgan fingerprint density at radius 3 is 3.10 bits per heavy atom. The fourth-order valence-electron chi connectivity index (χ4n) is 2.30. The fraction of sp³-hybridized carbons (Fsp3) is 0.538. The fourth-order valence-corrected chi connectivity index (χ4v) is 2.30. The van der Waals surface area contributed by atoms with Crippen molar-refractivity contribution in [2.24, 2.45) is 0 Å². The zero-order valence-electron chi connectivity index (χ0n) is 11.3. The third-order valence-corrected chi connectivity index (χ3v) is 3.19. The normalized spacial score (nSPS) is 20.4. The molecule has 0 aromatic heterocycles. The number of nitrogens with zero attached hydrogens (tertiary/aromatic N) is 1. The SMILES string of the molecule is CC(CC1COCCN1)Nc1ccc(F)cc1[N+](=O)[O-]. The van der Waals surface area contributed by atoms with Crippen molar-refractivity contribution in [2.45, 2.75) is 25.4 Å². The number of ether oxygens (including phenoxy) is 1. The number of anilines is 1. The van der Waals surface area contributed by atoms with Crippen molar-refractivity contribution in [3.05, 3.63) is 34.1 Å². The van der Waals surface area contributed by atoms with Gasteiger partial charge in [-0.15, -0.1) is 0 Å². The molecule has 0 saturated carbocycles. The number of nitro benzene ring substituents is 1. The third kappa shape index (κ3) is 3.88. The molecule has 0 aliphatic carbocycles. The number of nitro groups is 1. The van der Waals surface area contributed by atoms with Crippen LogP contribution in [0.3, 0.4) is 0 Å². The lowest BCUT2D eigenvalue weighted by Crippen LogP contribution is -2.43. The van der Waals surface area contributed by atoms with Crippen LogP contribution in [0.15, 0.2) is 18.2 Å². The lowest BCUT2D eigenvalue weighted by Gasteiger charge is -2.27. The Hall–Kier alpha value is -1.73. The number of rotatable bonds is 5. The van der Waals surface area contributed by atoms with Crippen LogP contribution in [0.2, 0.25) is 0 Å². The van der Waals surface area contributed by atoms with E-state index in [9.17, 15) is 14.5 Å². The van der Waals surface area contributed by atoms with Crippen LogP contribution in [-0.2, 0) is 4.74 Å². The maximum absolute atomic E-state index is 13.1. The van der Waals surface area contributed by atoms with E-state index < -0.39 is 10.7 Å². The Morgan fingerprint density at radius 1 is 1.65 bits per heavy atom. The predicted octanol–water partition coefficient (Wildman–Crippen LogP) is 1.91. The summed E-state index contributed by atoms with van der Waals surface area (Å²) in [7, 11) is 0. The summed E-state index contributed by atoms with van der Waals surface area (Å²) in [5, 5.41) is 17.3. The quantitative estimate of drug-likeness (QED) is 0.637. The molecule has 7 heteroatoms. The van der Waals surface area contributed by atoms with Gasteiger partial charge < -0.3 is 15.4 Å². The highest BCUT2D eigenvalue weighted by molar-refractivity contribution is 5.61. The van der Waals surface area contributed by atoms with Crippen molar-refractivity contribution in [1.29, 1.82) is 0 Å². The van der Waals surface area contributed by atoms with E-state index in [0.717, 1.165) is 19.0 Å². The highest BCUT2D eigenvalue weighted by Crippen LogP contribution is 2.26. The zero-order chi connectivity index (χ0) is 14.5. The number of hydrogen-bond acceptors (Lipinski definition) is 5. The number of hydrogen-bond donors (Lipinski definition) is 2. The minimum Gasteiger partial charge on any atom is -0.379 e. The van der Waals surface area contributed by atoms with Gasteiger partial charge in [-0.2, -0.15) is 0 Å². The molecule has 6 nitrogen and oxygen atoms in total. The first-order valence-electron chi connectivity index (χ1n) is 6.58. The van der Waals surface area contributed by atoms with Gasteiger partial charge >= 0.3 is 0 Å². The van der Waals surface area contributed by atoms with Gasteiger partial charge in [0.25, 0.3) is 5.69 Å². The van der Waals surface area contributed by atoms with E-state index in [1.807, 2.05) is 6.92 Å². The molecular formula is C13H18FN3O3. The summed E-state index contributed by atoms with van der Waals surface area (Å²) in [5.74, 6) is -0.614. The van der Waals surface area contributed by atoms with E-state index in [4.69, 9.17) is 4.74 Å². The van der Waals surface area contributed by atoms with Crippen molar-refractivity contribution in [1.82, 2.24) is 5.32 Å². The maximum atomic E-state index is 13.1. The smallest absolute Gasteiger partial charge is 0.295 e. The molecule has 0 bridgehead atoms. The standard InChI is InChI=1S/C13H18FN3O3/c1-9(6-11-8-20-5-4-15-11)16-12-3-2-10(14)7-13(12)17(18)19/h2-3,7,9,11,15-16H,4-6,8H2,1H3. The summed E-state index contributed by atoms with van der Waals surface area (Å²) in [4.78, 5) is 10.3. The number of halogens is 1. The average molecular weight is 283 g/mol. The Kier molecular flexibility index (Phi) is 4.86. The van der Waals surface area contributed by atoms with Crippen molar-refractivity contribution < 1.29 is 14.1 Å². The first kappa shape index (κ1) is 14.7. The molecule has 1 aromatic rings. The lowest BCUT2D eigenvalue weighted by molar-refractivity contribution is -0.384. The monoisotopic (exact) mass is 283 g/mol. The molecule has 2 N–H and O–H groups in total. The second-order valence-electron chi connectivity index (χ2n) is 4.93. The van der Waals surface area contributed by atoms with Gasteiger partial charge in [-0.05, 0) is 25.5 Å². The second kappa shape index (κ2) is 6.62. The van der Waals surface area contributed by atoms with Crippen LogP contribution in [0, 0.1) is 15.9 Å². The molecule has 0 radical (unpaired) electrons. The molecule has 2 atom stereocenters. The van der Waals surface area contributed by atoms with Crippen LogP contribution in [0.25, 0.3) is 0 Å². The molecule has 1 heterocycles. The predicted molar refractivity (Wildman–Crippen MR) is 73.4 cm³/mol. The Morgan fingerprint density at radius 2 is 2.45 bits per heavy atom. The largest absolute Gasteiger partial charge is 0.379 e. The Bertz CT molecular complexity index is 478. The van der Waals surface area contributed by atoms with Gasteiger partial charge in [-0.1, -0.05) is 0 Å². The third-order valence-electron chi connectivity index (χ3n) is 3.19. The highest BCUT2D eigenvalue weighted by Gasteiger charge is 2.20. The van der Waals surface area contributed by atoms with Crippen LogP contribution in [0.5, 0.6) is 0 Å². The van der Waals surface area contributed by atoms with Gasteiger partial charge in [0, 0.05) is 18.6 Å². The summed E-state index contributed by atoms with van der Waals surface area (Å²) in [6, 6.07) is 3.78. The topological polar surface area (TPSA) is 76.4 Å². The van der Waals surface area contributed by atoms with Gasteiger partial charge in [-0.25, -0.2) is 4.39 Å². The minimum absolute atomic E-state index is 0.0124. The average Bonchev–Trinajstić information content (AvgIpc) is 2.41. The van der Waals surface area contributed by atoms with Crippen LogP contribution in [0.4, 0.5) is 15.8 Å². The van der Waals surface area contributed by atoms with Gasteiger partial charge in [-0.3, -0.25) is 10.1 Å².